The molecule has 0 aliphatic heterocycles. The minimum absolute atomic E-state index is 0.156. The fraction of sp³-hybridized carbons (Fsp3) is 0.867. The lowest BCUT2D eigenvalue weighted by atomic mass is 10.2. The summed E-state index contributed by atoms with van der Waals surface area (Å²) >= 11 is 0. The van der Waals surface area contributed by atoms with Gasteiger partial charge in [0.25, 0.3) is 0 Å². The lowest BCUT2D eigenvalue weighted by Crippen LogP contribution is -2.51. The molecule has 0 saturated carbocycles. The van der Waals surface area contributed by atoms with Gasteiger partial charge >= 0.3 is 0 Å². The first kappa shape index (κ1) is 17.6. The number of hydrogen-bond donors (Lipinski definition) is 1. The summed E-state index contributed by atoms with van der Waals surface area (Å²) in [4.78, 5) is 0. The molecule has 1 N–H and O–H groups in total. The number of unbranched alkanes of at least 4 members (excludes halogenated alkanes) is 1. The third kappa shape index (κ3) is 6.53. The highest BCUT2D eigenvalue weighted by molar-refractivity contribution is 4.66. The zero-order chi connectivity index (χ0) is 14.0. The third-order valence-corrected chi connectivity index (χ3v) is 3.60. The summed E-state index contributed by atoms with van der Waals surface area (Å²) < 4.78 is 6.51. The maximum atomic E-state index is 9.65. The number of hydrogen-bond acceptors (Lipinski definition) is 2. The predicted molar refractivity (Wildman–Crippen MR) is 77.3 cm³/mol. The van der Waals surface area contributed by atoms with Gasteiger partial charge in [-0.15, -0.1) is 0 Å². The number of nitrogens with zero attached hydrogens (tertiary/aromatic N) is 1. The Kier molecular flexibility index (Phi) is 9.34. The monoisotopic (exact) mass is 258 g/mol. The second-order valence-corrected chi connectivity index (χ2v) is 5.44. The van der Waals surface area contributed by atoms with Crippen LogP contribution < -0.4 is 0 Å². The first-order valence-corrected chi connectivity index (χ1v) is 7.27. The zero-order valence-electron chi connectivity index (χ0n) is 12.7. The van der Waals surface area contributed by atoms with Crippen molar-refractivity contribution < 1.29 is 14.3 Å². The fourth-order valence-electron chi connectivity index (χ4n) is 2.07. The summed E-state index contributed by atoms with van der Waals surface area (Å²) in [5.41, 5.74) is 0. The highest BCUT2D eigenvalue weighted by Crippen LogP contribution is 2.11. The van der Waals surface area contributed by atoms with E-state index in [2.05, 4.69) is 20.4 Å². The van der Waals surface area contributed by atoms with Crippen molar-refractivity contribution in [2.45, 2.75) is 46.8 Å². The molecule has 0 saturated heterocycles. The van der Waals surface area contributed by atoms with Gasteiger partial charge in [0, 0.05) is 5.92 Å². The molecule has 2 unspecified atom stereocenters. The van der Waals surface area contributed by atoms with Crippen LogP contribution in [-0.4, -0.2) is 48.7 Å². The topological polar surface area (TPSA) is 29.5 Å². The Labute approximate surface area is 113 Å². The van der Waals surface area contributed by atoms with Gasteiger partial charge < -0.3 is 14.3 Å². The van der Waals surface area contributed by atoms with Crippen molar-refractivity contribution in [3.63, 3.8) is 0 Å². The lowest BCUT2D eigenvalue weighted by Gasteiger charge is -2.37. The van der Waals surface area contributed by atoms with Crippen molar-refractivity contribution in [2.75, 3.05) is 32.8 Å². The largest absolute Gasteiger partial charge is 0.368 e. The van der Waals surface area contributed by atoms with E-state index < -0.39 is 6.29 Å². The number of aliphatic hydroxyl groups is 1. The smallest absolute Gasteiger partial charge is 0.157 e. The predicted octanol–water partition coefficient (Wildman–Crippen LogP) is 2.80. The van der Waals surface area contributed by atoms with E-state index in [1.54, 1.807) is 0 Å². The highest BCUT2D eigenvalue weighted by atomic mass is 16.6. The first-order chi connectivity index (χ1) is 8.51. The minimum atomic E-state index is -0.640. The number of rotatable bonds is 11. The van der Waals surface area contributed by atoms with Crippen LogP contribution in [0.25, 0.3) is 0 Å². The Bertz CT molecular complexity index is 219. The Hall–Kier alpha value is -0.380. The molecule has 0 fully saturated rings. The van der Waals surface area contributed by atoms with Crippen LogP contribution in [0.4, 0.5) is 0 Å². The van der Waals surface area contributed by atoms with Gasteiger partial charge in [-0.1, -0.05) is 33.8 Å². The van der Waals surface area contributed by atoms with Gasteiger partial charge in [0.2, 0.25) is 0 Å². The molecular weight excluding hydrogens is 226 g/mol. The van der Waals surface area contributed by atoms with Gasteiger partial charge in [-0.2, -0.15) is 0 Å². The molecule has 2 atom stereocenters. The second kappa shape index (κ2) is 9.54. The zero-order valence-corrected chi connectivity index (χ0v) is 12.7. The Morgan fingerprint density at radius 3 is 2.39 bits per heavy atom. The normalized spacial score (nSPS) is 16.6. The standard InChI is InChI=1S/C15H32NO2/c1-6-9-11-16(8-3,10-7-2)12-13-18-15(17)14(4)5/h7,14-15,17H,2,6,8-13H2,1,3-5H3/q+1. The Morgan fingerprint density at radius 1 is 1.28 bits per heavy atom. The van der Waals surface area contributed by atoms with E-state index in [9.17, 15) is 5.11 Å². The van der Waals surface area contributed by atoms with E-state index >= 15 is 0 Å². The van der Waals surface area contributed by atoms with Crippen LogP contribution in [0.15, 0.2) is 12.7 Å². The quantitative estimate of drug-likeness (QED) is 0.351. The van der Waals surface area contributed by atoms with Crippen molar-refractivity contribution >= 4 is 0 Å². The van der Waals surface area contributed by atoms with Gasteiger partial charge in [-0.25, -0.2) is 0 Å². The van der Waals surface area contributed by atoms with E-state index in [-0.39, 0.29) is 5.92 Å². The summed E-state index contributed by atoms with van der Waals surface area (Å²) in [7, 11) is 0. The SMILES string of the molecule is C=CC[N+](CC)(CCCC)CCOC(O)C(C)C. The minimum Gasteiger partial charge on any atom is -0.368 e. The van der Waals surface area contributed by atoms with Crippen LogP contribution in [0.2, 0.25) is 0 Å². The average Bonchev–Trinajstić information content (AvgIpc) is 2.35. The molecule has 0 aliphatic rings. The van der Waals surface area contributed by atoms with Crippen LogP contribution in [-0.2, 0) is 4.74 Å². The maximum Gasteiger partial charge on any atom is 0.157 e. The maximum absolute atomic E-state index is 9.65. The average molecular weight is 258 g/mol. The van der Waals surface area contributed by atoms with E-state index in [0.717, 1.165) is 24.1 Å². The van der Waals surface area contributed by atoms with E-state index in [1.807, 2.05) is 19.9 Å². The Balaban J connectivity index is 4.26. The number of likely N-dealkylation sites (N-methyl/N-ethyl adjacent to an activating group) is 1. The van der Waals surface area contributed by atoms with Crippen LogP contribution in [0, 0.1) is 5.92 Å². The molecule has 0 aromatic carbocycles. The molecule has 3 heteroatoms. The van der Waals surface area contributed by atoms with Gasteiger partial charge in [0.05, 0.1) is 26.2 Å². The van der Waals surface area contributed by atoms with Crippen LogP contribution >= 0.6 is 0 Å². The summed E-state index contributed by atoms with van der Waals surface area (Å²) in [6.07, 6.45) is 3.80. The molecule has 0 aliphatic carbocycles. The molecule has 0 aromatic heterocycles. The van der Waals surface area contributed by atoms with Crippen LogP contribution in [0.3, 0.4) is 0 Å². The van der Waals surface area contributed by atoms with Crippen molar-refractivity contribution in [2.24, 2.45) is 5.92 Å². The molecular formula is C15H32NO2+. The van der Waals surface area contributed by atoms with Gasteiger partial charge in [-0.3, -0.25) is 0 Å². The van der Waals surface area contributed by atoms with Crippen molar-refractivity contribution in [3.8, 4) is 0 Å². The van der Waals surface area contributed by atoms with Gasteiger partial charge in [0.1, 0.15) is 6.54 Å². The first-order valence-electron chi connectivity index (χ1n) is 7.27. The van der Waals surface area contributed by atoms with Crippen molar-refractivity contribution in [1.82, 2.24) is 0 Å². The van der Waals surface area contributed by atoms with E-state index in [4.69, 9.17) is 4.74 Å². The van der Waals surface area contributed by atoms with Crippen molar-refractivity contribution in [3.05, 3.63) is 12.7 Å². The van der Waals surface area contributed by atoms with Crippen molar-refractivity contribution in [1.29, 1.82) is 0 Å². The molecule has 3 nitrogen and oxygen atoms in total. The number of ether oxygens (including phenoxy) is 1. The summed E-state index contributed by atoms with van der Waals surface area (Å²) in [6, 6.07) is 0. The van der Waals surface area contributed by atoms with E-state index in [0.29, 0.717) is 6.61 Å². The molecule has 0 bridgehead atoms. The number of aliphatic hydroxyl groups excluding tert-OH is 1. The third-order valence-electron chi connectivity index (χ3n) is 3.60. The molecule has 0 spiro atoms. The molecule has 0 heterocycles. The fourth-order valence-corrected chi connectivity index (χ4v) is 2.07. The summed E-state index contributed by atoms with van der Waals surface area (Å²) in [5.74, 6) is 0.156. The Morgan fingerprint density at radius 2 is 1.94 bits per heavy atom. The molecule has 18 heavy (non-hydrogen) atoms. The summed E-state index contributed by atoms with van der Waals surface area (Å²) in [5, 5.41) is 9.65. The number of quaternary nitrogens is 1. The molecule has 0 amide bonds. The van der Waals surface area contributed by atoms with E-state index in [1.165, 1.54) is 19.4 Å². The summed E-state index contributed by atoms with van der Waals surface area (Å²) in [6.45, 7) is 17.0. The van der Waals surface area contributed by atoms with Gasteiger partial charge in [0.15, 0.2) is 6.29 Å². The molecule has 0 aromatic rings. The van der Waals surface area contributed by atoms with Crippen LogP contribution in [0.5, 0.6) is 0 Å². The molecule has 0 rings (SSSR count). The second-order valence-electron chi connectivity index (χ2n) is 5.44. The van der Waals surface area contributed by atoms with Gasteiger partial charge in [-0.05, 0) is 19.4 Å². The highest BCUT2D eigenvalue weighted by Gasteiger charge is 2.23. The molecule has 0 radical (unpaired) electrons. The van der Waals surface area contributed by atoms with Crippen LogP contribution in [0.1, 0.15) is 40.5 Å². The lowest BCUT2D eigenvalue weighted by molar-refractivity contribution is -0.921. The molecule has 108 valence electrons.